The van der Waals surface area contributed by atoms with E-state index in [0.717, 1.165) is 0 Å². The number of phenols is 1. The standard InChI is InChI=1S/C11H11F2NO2/c1-6-3-2-4-8(15)9(6)14-10(16)7-5-11(7,12)13/h2-4,7,15H,5H2,1H3,(H,14,16)/t7-/m1/s1. The predicted octanol–water partition coefficient (Wildman–Crippen LogP) is 2.29. The molecular formula is C11H11F2NO2. The summed E-state index contributed by atoms with van der Waals surface area (Å²) in [7, 11) is 0. The molecule has 0 saturated heterocycles. The Bertz CT molecular complexity index is 425. The van der Waals surface area contributed by atoms with Crippen LogP contribution in [-0.2, 0) is 4.79 Å². The van der Waals surface area contributed by atoms with Crippen LogP contribution < -0.4 is 5.32 Å². The van der Waals surface area contributed by atoms with Gasteiger partial charge in [0.1, 0.15) is 11.7 Å². The van der Waals surface area contributed by atoms with E-state index in [9.17, 15) is 18.7 Å². The first-order valence-corrected chi connectivity index (χ1v) is 4.89. The summed E-state index contributed by atoms with van der Waals surface area (Å²) in [5, 5.41) is 11.8. The molecule has 0 aliphatic heterocycles. The number of amides is 1. The summed E-state index contributed by atoms with van der Waals surface area (Å²) >= 11 is 0. The van der Waals surface area contributed by atoms with E-state index in [1.54, 1.807) is 19.1 Å². The van der Waals surface area contributed by atoms with E-state index in [1.165, 1.54) is 6.07 Å². The average molecular weight is 227 g/mol. The molecule has 86 valence electrons. The highest BCUT2D eigenvalue weighted by atomic mass is 19.3. The van der Waals surface area contributed by atoms with Gasteiger partial charge in [-0.1, -0.05) is 12.1 Å². The number of hydrogen-bond donors (Lipinski definition) is 2. The van der Waals surface area contributed by atoms with Gasteiger partial charge in [-0.2, -0.15) is 0 Å². The third-order valence-corrected chi connectivity index (χ3v) is 2.64. The maximum absolute atomic E-state index is 12.6. The van der Waals surface area contributed by atoms with Gasteiger partial charge in [0.2, 0.25) is 5.91 Å². The molecule has 0 heterocycles. The highest BCUT2D eigenvalue weighted by Crippen LogP contribution is 2.49. The molecule has 0 spiro atoms. The first-order valence-electron chi connectivity index (χ1n) is 4.89. The van der Waals surface area contributed by atoms with Crippen LogP contribution in [0.1, 0.15) is 12.0 Å². The summed E-state index contributed by atoms with van der Waals surface area (Å²) in [6.45, 7) is 1.68. The zero-order chi connectivity index (χ0) is 11.9. The number of halogens is 2. The molecule has 1 aliphatic rings. The fourth-order valence-corrected chi connectivity index (χ4v) is 1.52. The van der Waals surface area contributed by atoms with Gasteiger partial charge in [-0.25, -0.2) is 8.78 Å². The number of aryl methyl sites for hydroxylation is 1. The SMILES string of the molecule is Cc1cccc(O)c1NC(=O)[C@H]1CC1(F)F. The third kappa shape index (κ3) is 1.85. The van der Waals surface area contributed by atoms with E-state index < -0.39 is 24.2 Å². The normalized spacial score (nSPS) is 21.6. The Hall–Kier alpha value is -1.65. The van der Waals surface area contributed by atoms with Crippen molar-refractivity contribution in [1.82, 2.24) is 0 Å². The van der Waals surface area contributed by atoms with Crippen molar-refractivity contribution in [2.24, 2.45) is 5.92 Å². The van der Waals surface area contributed by atoms with Gasteiger partial charge in [-0.15, -0.1) is 0 Å². The zero-order valence-corrected chi connectivity index (χ0v) is 8.63. The lowest BCUT2D eigenvalue weighted by Crippen LogP contribution is -2.18. The van der Waals surface area contributed by atoms with E-state index in [2.05, 4.69) is 5.32 Å². The number of aromatic hydroxyl groups is 1. The van der Waals surface area contributed by atoms with Gasteiger partial charge < -0.3 is 10.4 Å². The topological polar surface area (TPSA) is 49.3 Å². The summed E-state index contributed by atoms with van der Waals surface area (Å²) in [5.41, 5.74) is 0.840. The fraction of sp³-hybridized carbons (Fsp3) is 0.364. The van der Waals surface area contributed by atoms with Gasteiger partial charge in [-0.3, -0.25) is 4.79 Å². The molecule has 1 fully saturated rings. The molecule has 2 rings (SSSR count). The maximum atomic E-state index is 12.6. The molecular weight excluding hydrogens is 216 g/mol. The lowest BCUT2D eigenvalue weighted by molar-refractivity contribution is -0.119. The van der Waals surface area contributed by atoms with Crippen LogP contribution in [-0.4, -0.2) is 16.9 Å². The number of para-hydroxylation sites is 1. The van der Waals surface area contributed by atoms with Crippen LogP contribution in [0.4, 0.5) is 14.5 Å². The summed E-state index contributed by atoms with van der Waals surface area (Å²) < 4.78 is 25.3. The highest BCUT2D eigenvalue weighted by Gasteiger charge is 2.61. The molecule has 5 heteroatoms. The zero-order valence-electron chi connectivity index (χ0n) is 8.63. The van der Waals surface area contributed by atoms with Crippen LogP contribution in [0.5, 0.6) is 5.75 Å². The Balaban J connectivity index is 2.13. The van der Waals surface area contributed by atoms with Crippen LogP contribution in [0.2, 0.25) is 0 Å². The second kappa shape index (κ2) is 3.43. The smallest absolute Gasteiger partial charge is 0.260 e. The molecule has 1 aliphatic carbocycles. The number of carbonyl (C=O) groups is 1. The molecule has 2 N–H and O–H groups in total. The van der Waals surface area contributed by atoms with Crippen molar-refractivity contribution >= 4 is 11.6 Å². The molecule has 1 aromatic carbocycles. The van der Waals surface area contributed by atoms with Gasteiger partial charge in [0.05, 0.1) is 5.69 Å². The summed E-state index contributed by atoms with van der Waals surface area (Å²) in [6.07, 6.45) is -0.411. The van der Waals surface area contributed by atoms with Crippen LogP contribution in [0, 0.1) is 12.8 Å². The van der Waals surface area contributed by atoms with Crippen molar-refractivity contribution in [3.8, 4) is 5.75 Å². The molecule has 0 unspecified atom stereocenters. The minimum absolute atomic E-state index is 0.114. The number of carbonyl (C=O) groups excluding carboxylic acids is 1. The lowest BCUT2D eigenvalue weighted by atomic mass is 10.2. The molecule has 3 nitrogen and oxygen atoms in total. The minimum atomic E-state index is -2.89. The van der Waals surface area contributed by atoms with E-state index in [0.29, 0.717) is 5.56 Å². The monoisotopic (exact) mass is 227 g/mol. The van der Waals surface area contributed by atoms with Gasteiger partial charge in [0, 0.05) is 6.42 Å². The van der Waals surface area contributed by atoms with Gasteiger partial charge in [0.15, 0.2) is 0 Å². The Morgan fingerprint density at radius 2 is 2.19 bits per heavy atom. The molecule has 1 amide bonds. The second-order valence-corrected chi connectivity index (χ2v) is 3.98. The van der Waals surface area contributed by atoms with Crippen molar-refractivity contribution in [3.63, 3.8) is 0 Å². The quantitative estimate of drug-likeness (QED) is 0.761. The third-order valence-electron chi connectivity index (χ3n) is 2.64. The van der Waals surface area contributed by atoms with Crippen molar-refractivity contribution in [2.75, 3.05) is 5.32 Å². The Morgan fingerprint density at radius 1 is 1.56 bits per heavy atom. The van der Waals surface area contributed by atoms with E-state index in [4.69, 9.17) is 0 Å². The largest absolute Gasteiger partial charge is 0.506 e. The number of anilines is 1. The Kier molecular flexibility index (Phi) is 2.33. The Morgan fingerprint density at radius 3 is 2.69 bits per heavy atom. The number of phenolic OH excluding ortho intramolecular Hbond substituents is 1. The van der Waals surface area contributed by atoms with E-state index in [1.807, 2.05) is 0 Å². The lowest BCUT2D eigenvalue weighted by Gasteiger charge is -2.09. The number of nitrogens with one attached hydrogen (secondary N) is 1. The van der Waals surface area contributed by atoms with Crippen LogP contribution in [0.15, 0.2) is 18.2 Å². The predicted molar refractivity (Wildman–Crippen MR) is 54.5 cm³/mol. The van der Waals surface area contributed by atoms with Crippen LogP contribution >= 0.6 is 0 Å². The van der Waals surface area contributed by atoms with Gasteiger partial charge in [0.25, 0.3) is 5.92 Å². The number of rotatable bonds is 2. The summed E-state index contributed by atoms with van der Waals surface area (Å²) in [6, 6.07) is 4.69. The maximum Gasteiger partial charge on any atom is 0.260 e. The fourth-order valence-electron chi connectivity index (χ4n) is 1.52. The average Bonchev–Trinajstić information content (AvgIpc) is 2.82. The molecule has 1 aromatic rings. The number of alkyl halides is 2. The first kappa shape index (κ1) is 10.9. The molecule has 1 atom stereocenters. The van der Waals surface area contributed by atoms with Crippen molar-refractivity contribution < 1.29 is 18.7 Å². The molecule has 0 radical (unpaired) electrons. The van der Waals surface area contributed by atoms with Crippen molar-refractivity contribution in [3.05, 3.63) is 23.8 Å². The number of hydrogen-bond acceptors (Lipinski definition) is 2. The molecule has 0 aromatic heterocycles. The summed E-state index contributed by atoms with van der Waals surface area (Å²) in [5.74, 6) is -5.00. The van der Waals surface area contributed by atoms with Crippen molar-refractivity contribution in [1.29, 1.82) is 0 Å². The molecule has 0 bridgehead atoms. The first-order chi connectivity index (χ1) is 7.42. The molecule has 1 saturated carbocycles. The van der Waals surface area contributed by atoms with E-state index >= 15 is 0 Å². The van der Waals surface area contributed by atoms with Crippen LogP contribution in [0.3, 0.4) is 0 Å². The number of benzene rings is 1. The Labute approximate surface area is 91.1 Å². The van der Waals surface area contributed by atoms with Crippen LogP contribution in [0.25, 0.3) is 0 Å². The van der Waals surface area contributed by atoms with Gasteiger partial charge >= 0.3 is 0 Å². The van der Waals surface area contributed by atoms with Crippen molar-refractivity contribution in [2.45, 2.75) is 19.3 Å². The summed E-state index contributed by atoms with van der Waals surface area (Å²) in [4.78, 5) is 11.4. The van der Waals surface area contributed by atoms with Gasteiger partial charge in [-0.05, 0) is 18.6 Å². The van der Waals surface area contributed by atoms with E-state index in [-0.39, 0.29) is 11.4 Å². The second-order valence-electron chi connectivity index (χ2n) is 3.98. The highest BCUT2D eigenvalue weighted by molar-refractivity contribution is 5.97. The molecule has 16 heavy (non-hydrogen) atoms. The minimum Gasteiger partial charge on any atom is -0.506 e.